The van der Waals surface area contributed by atoms with Gasteiger partial charge in [-0.05, 0) is 43.9 Å². The summed E-state index contributed by atoms with van der Waals surface area (Å²) in [4.78, 5) is 14.4. The Morgan fingerprint density at radius 3 is 3.08 bits per heavy atom. The van der Waals surface area contributed by atoms with E-state index in [9.17, 15) is 4.79 Å². The maximum absolute atomic E-state index is 12.5. The first-order valence-corrected chi connectivity index (χ1v) is 8.87. The molecule has 4 nitrogen and oxygen atoms in total. The van der Waals surface area contributed by atoms with Gasteiger partial charge in [0.1, 0.15) is 4.88 Å². The standard InChI is InChI=1S/C19H20N2O2S/c1-12-8-9-14(10-15(12)23-2)18(20)21-19(22)17-11-13-6-4-3-5-7-16(13)24-17/h5,7,11,15H,3-4,6,10H2,1-2H3,(H2,20,21,22)/p+1. The van der Waals surface area contributed by atoms with E-state index in [0.717, 1.165) is 30.4 Å². The molecule has 2 aliphatic rings. The summed E-state index contributed by atoms with van der Waals surface area (Å²) >= 11 is 1.51. The van der Waals surface area contributed by atoms with E-state index in [1.54, 1.807) is 7.11 Å². The van der Waals surface area contributed by atoms with Crippen molar-refractivity contribution in [3.8, 4) is 0 Å². The molecule has 124 valence electrons. The number of carbonyl (C=O) groups is 1. The third-order valence-electron chi connectivity index (χ3n) is 4.29. The molecule has 0 saturated heterocycles. The molecule has 0 aromatic carbocycles. The smallest absolute Gasteiger partial charge is 0.349 e. The first-order chi connectivity index (χ1) is 11.6. The Balaban J connectivity index is 1.74. The molecule has 2 aliphatic carbocycles. The highest BCUT2D eigenvalue weighted by Crippen LogP contribution is 2.28. The van der Waals surface area contributed by atoms with E-state index in [-0.39, 0.29) is 12.0 Å². The molecule has 1 aromatic heterocycles. The number of hydrogen-bond acceptors (Lipinski definition) is 3. The maximum atomic E-state index is 12.5. The maximum Gasteiger partial charge on any atom is 0.349 e. The van der Waals surface area contributed by atoms with Crippen LogP contribution in [-0.2, 0) is 11.2 Å². The summed E-state index contributed by atoms with van der Waals surface area (Å²) in [5, 5.41) is 8.85. The molecule has 0 radical (unpaired) electrons. The van der Waals surface area contributed by atoms with E-state index in [2.05, 4.69) is 28.9 Å². The fourth-order valence-corrected chi connectivity index (χ4v) is 3.87. The van der Waals surface area contributed by atoms with Gasteiger partial charge in [-0.2, -0.15) is 0 Å². The summed E-state index contributed by atoms with van der Waals surface area (Å²) in [6, 6.07) is 1.98. The number of amides is 1. The number of nitrogens with two attached hydrogens (primary N) is 1. The largest absolute Gasteiger partial charge is 0.376 e. The van der Waals surface area contributed by atoms with Crippen LogP contribution in [0.15, 0.2) is 34.8 Å². The average Bonchev–Trinajstić information content (AvgIpc) is 2.86. The molecule has 24 heavy (non-hydrogen) atoms. The van der Waals surface area contributed by atoms with Crippen LogP contribution in [-0.4, -0.2) is 25.0 Å². The Bertz CT molecular complexity index is 818. The van der Waals surface area contributed by atoms with Crippen LogP contribution >= 0.6 is 11.3 Å². The molecule has 3 rings (SSSR count). The van der Waals surface area contributed by atoms with Crippen LogP contribution in [0.1, 0.15) is 46.3 Å². The highest BCUT2D eigenvalue weighted by Gasteiger charge is 2.25. The van der Waals surface area contributed by atoms with Crippen LogP contribution in [0.2, 0.25) is 0 Å². The lowest BCUT2D eigenvalue weighted by Crippen LogP contribution is -2.52. The topological polar surface area (TPSA) is 63.9 Å². The fourth-order valence-electron chi connectivity index (χ4n) is 2.83. The third kappa shape index (κ3) is 3.50. The second-order valence-electron chi connectivity index (χ2n) is 6.00. The Morgan fingerprint density at radius 2 is 2.29 bits per heavy atom. The zero-order valence-corrected chi connectivity index (χ0v) is 14.8. The van der Waals surface area contributed by atoms with Crippen molar-refractivity contribution < 1.29 is 14.9 Å². The quantitative estimate of drug-likeness (QED) is 0.502. The number of nitrogens with one attached hydrogen (secondary N) is 1. The minimum atomic E-state index is -0.173. The van der Waals surface area contributed by atoms with Crippen LogP contribution in [0.5, 0.6) is 0 Å². The summed E-state index contributed by atoms with van der Waals surface area (Å²) in [6.07, 6.45) is 8.03. The number of methoxy groups -OCH3 is 1. The van der Waals surface area contributed by atoms with Crippen molar-refractivity contribution >= 4 is 29.2 Å². The van der Waals surface area contributed by atoms with Gasteiger partial charge in [-0.1, -0.05) is 17.5 Å². The molecule has 0 saturated carbocycles. The van der Waals surface area contributed by atoms with E-state index in [1.165, 1.54) is 21.8 Å². The SMILES string of the molecule is COC1CC(C(=[NH2+])NC(=O)c2cc3c(s2)C=CCCC3)=C=C=C1C. The summed E-state index contributed by atoms with van der Waals surface area (Å²) < 4.78 is 5.39. The minimum Gasteiger partial charge on any atom is -0.376 e. The van der Waals surface area contributed by atoms with Crippen LogP contribution < -0.4 is 10.7 Å². The Hall–Kier alpha value is -2.16. The van der Waals surface area contributed by atoms with Crippen LogP contribution in [0.3, 0.4) is 0 Å². The van der Waals surface area contributed by atoms with Gasteiger partial charge in [0.25, 0.3) is 5.84 Å². The molecule has 0 bridgehead atoms. The average molecular weight is 341 g/mol. The first-order valence-electron chi connectivity index (χ1n) is 8.06. The van der Waals surface area contributed by atoms with Crippen molar-refractivity contribution in [1.82, 2.24) is 5.32 Å². The highest BCUT2D eigenvalue weighted by atomic mass is 32.1. The summed E-state index contributed by atoms with van der Waals surface area (Å²) in [7, 11) is 1.65. The highest BCUT2D eigenvalue weighted by molar-refractivity contribution is 7.15. The predicted octanol–water partition coefficient (Wildman–Crippen LogP) is 2.03. The number of allylic oxidation sites excluding steroid dienone is 1. The van der Waals surface area contributed by atoms with Crippen LogP contribution in [0.4, 0.5) is 0 Å². The lowest BCUT2D eigenvalue weighted by molar-refractivity contribution is -0.116. The molecule has 3 N–H and O–H groups in total. The van der Waals surface area contributed by atoms with Crippen molar-refractivity contribution in [2.75, 3.05) is 7.11 Å². The van der Waals surface area contributed by atoms with Gasteiger partial charge in [0.2, 0.25) is 0 Å². The molecular weight excluding hydrogens is 320 g/mol. The van der Waals surface area contributed by atoms with Gasteiger partial charge in [-0.15, -0.1) is 11.3 Å². The molecule has 0 spiro atoms. The summed E-state index contributed by atoms with van der Waals surface area (Å²) in [5.74, 6) is 0.148. The second kappa shape index (κ2) is 7.16. The van der Waals surface area contributed by atoms with Gasteiger partial charge in [0.05, 0.1) is 11.7 Å². The van der Waals surface area contributed by atoms with Gasteiger partial charge in [0, 0.05) is 24.0 Å². The van der Waals surface area contributed by atoms with E-state index < -0.39 is 0 Å². The molecule has 1 atom stereocenters. The van der Waals surface area contributed by atoms with Crippen molar-refractivity contribution in [3.63, 3.8) is 0 Å². The van der Waals surface area contributed by atoms with Crippen molar-refractivity contribution in [2.45, 2.75) is 38.7 Å². The number of rotatable bonds is 3. The number of aryl methyl sites for hydroxylation is 1. The van der Waals surface area contributed by atoms with E-state index in [4.69, 9.17) is 10.1 Å². The molecule has 0 aliphatic heterocycles. The Kier molecular flexibility index (Phi) is 4.98. The fraction of sp³-hybridized carbons (Fsp3) is 0.368. The van der Waals surface area contributed by atoms with Crippen LogP contribution in [0, 0.1) is 0 Å². The number of ether oxygens (including phenoxy) is 1. The van der Waals surface area contributed by atoms with Gasteiger partial charge < -0.3 is 4.74 Å². The summed E-state index contributed by atoms with van der Waals surface area (Å²) in [5.41, 5.74) is 8.98. The monoisotopic (exact) mass is 341 g/mol. The third-order valence-corrected chi connectivity index (χ3v) is 5.43. The number of hydrogen-bond donors (Lipinski definition) is 2. The van der Waals surface area contributed by atoms with Gasteiger partial charge in [-0.3, -0.25) is 5.41 Å². The molecular formula is C19H21N2O2S+. The second-order valence-corrected chi connectivity index (χ2v) is 7.09. The van der Waals surface area contributed by atoms with Gasteiger partial charge in [0.15, 0.2) is 0 Å². The predicted molar refractivity (Wildman–Crippen MR) is 95.8 cm³/mol. The zero-order chi connectivity index (χ0) is 17.1. The van der Waals surface area contributed by atoms with Crippen molar-refractivity contribution in [3.05, 3.63) is 50.1 Å². The van der Waals surface area contributed by atoms with E-state index in [0.29, 0.717) is 17.1 Å². The van der Waals surface area contributed by atoms with E-state index in [1.807, 2.05) is 13.0 Å². The van der Waals surface area contributed by atoms with Crippen molar-refractivity contribution in [1.29, 1.82) is 0 Å². The van der Waals surface area contributed by atoms with Crippen molar-refractivity contribution in [2.24, 2.45) is 0 Å². The van der Waals surface area contributed by atoms with Gasteiger partial charge >= 0.3 is 5.91 Å². The van der Waals surface area contributed by atoms with Gasteiger partial charge in [-0.25, -0.2) is 10.1 Å². The minimum absolute atomic E-state index is 0.0698. The number of carbonyl (C=O) groups excluding carboxylic acids is 1. The summed E-state index contributed by atoms with van der Waals surface area (Å²) in [6.45, 7) is 1.94. The number of thiophene rings is 1. The molecule has 5 heteroatoms. The molecule has 1 aromatic rings. The molecule has 1 unspecified atom stereocenters. The first kappa shape index (κ1) is 16.7. The Labute approximate surface area is 145 Å². The normalized spacial score (nSPS) is 19.2. The molecule has 1 heterocycles. The number of fused-ring (bicyclic) bond motifs is 1. The lowest BCUT2D eigenvalue weighted by atomic mass is 9.99. The zero-order valence-electron chi connectivity index (χ0n) is 13.9. The van der Waals surface area contributed by atoms with E-state index >= 15 is 0 Å². The van der Waals surface area contributed by atoms with Crippen LogP contribution in [0.25, 0.3) is 6.08 Å². The Morgan fingerprint density at radius 1 is 1.46 bits per heavy atom. The molecule has 0 fully saturated rings. The number of amidine groups is 1. The lowest BCUT2D eigenvalue weighted by Gasteiger charge is -2.16. The molecule has 1 amide bonds.